The van der Waals surface area contributed by atoms with Gasteiger partial charge in [-0.15, -0.1) is 0 Å². The summed E-state index contributed by atoms with van der Waals surface area (Å²) in [4.78, 5) is 31.8. The molecule has 0 amide bonds. The van der Waals surface area contributed by atoms with Crippen molar-refractivity contribution >= 4 is 23.2 Å². The third-order valence-electron chi connectivity index (χ3n) is 7.20. The van der Waals surface area contributed by atoms with E-state index in [9.17, 15) is 18.4 Å². The van der Waals surface area contributed by atoms with Gasteiger partial charge in [0, 0.05) is 17.2 Å². The van der Waals surface area contributed by atoms with Gasteiger partial charge in [-0.25, -0.2) is 13.8 Å². The predicted octanol–water partition coefficient (Wildman–Crippen LogP) is 4.14. The van der Waals surface area contributed by atoms with Gasteiger partial charge in [0.25, 0.3) is 5.56 Å². The molecule has 2 aliphatic rings. The number of thiazole rings is 1. The number of para-hydroxylation sites is 1. The highest BCUT2D eigenvalue weighted by molar-refractivity contribution is 7.07. The van der Waals surface area contributed by atoms with E-state index in [-0.39, 0.29) is 23.7 Å². The van der Waals surface area contributed by atoms with Crippen molar-refractivity contribution in [3.63, 3.8) is 0 Å². The molecule has 0 fully saturated rings. The number of methoxy groups -OCH3 is 1. The number of rotatable bonds is 6. The van der Waals surface area contributed by atoms with Crippen molar-refractivity contribution in [1.29, 1.82) is 0 Å². The summed E-state index contributed by atoms with van der Waals surface area (Å²) in [7, 11) is 1.51. The van der Waals surface area contributed by atoms with Crippen LogP contribution in [0, 0.1) is 17.6 Å². The molecule has 3 heterocycles. The van der Waals surface area contributed by atoms with Gasteiger partial charge in [-0.2, -0.15) is 0 Å². The zero-order valence-corrected chi connectivity index (χ0v) is 22.6. The SMILES string of the molecule is COc1ccc(/C=c2/sc3n(c2=O)[C@H]2c4ccccc4O[C@](C)(N=3)[C@@H]2C(C)=O)cc1COc1ccc(F)cc1F. The van der Waals surface area contributed by atoms with Crippen molar-refractivity contribution in [3.05, 3.63) is 109 Å². The standard InChI is InChI=1S/C30H24F2N2O5S/c1-16(35)26-27-20-6-4-5-7-23(20)39-30(26,2)33-29-34(27)28(36)25(40-29)13-17-8-10-22(37-3)18(12-17)15-38-24-11-9-19(31)14-21(24)32/h4-14,26-27H,15H2,1-3H3/b25-13+/t26-,27+,30+/m1/s1. The number of Topliss-reactive ketones (excluding diaryl/α,β-unsaturated/α-hetero) is 1. The zero-order valence-electron chi connectivity index (χ0n) is 21.8. The van der Waals surface area contributed by atoms with E-state index < -0.39 is 29.3 Å². The molecule has 2 aliphatic heterocycles. The first-order chi connectivity index (χ1) is 19.2. The second-order valence-electron chi connectivity index (χ2n) is 9.84. The predicted molar refractivity (Wildman–Crippen MR) is 144 cm³/mol. The zero-order chi connectivity index (χ0) is 28.2. The molecule has 3 atom stereocenters. The molecule has 0 aliphatic carbocycles. The Morgan fingerprint density at radius 3 is 2.67 bits per heavy atom. The Morgan fingerprint density at radius 2 is 1.93 bits per heavy atom. The molecule has 0 saturated carbocycles. The highest BCUT2D eigenvalue weighted by atomic mass is 32.1. The third kappa shape index (κ3) is 4.28. The molecule has 40 heavy (non-hydrogen) atoms. The average molecular weight is 563 g/mol. The second-order valence-corrected chi connectivity index (χ2v) is 10.9. The van der Waals surface area contributed by atoms with Crippen molar-refractivity contribution in [2.45, 2.75) is 32.2 Å². The van der Waals surface area contributed by atoms with E-state index in [1.165, 1.54) is 31.4 Å². The summed E-state index contributed by atoms with van der Waals surface area (Å²) >= 11 is 1.22. The highest BCUT2D eigenvalue weighted by Crippen LogP contribution is 2.47. The molecule has 0 spiro atoms. The minimum Gasteiger partial charge on any atom is -0.496 e. The van der Waals surface area contributed by atoms with Gasteiger partial charge in [-0.3, -0.25) is 14.2 Å². The van der Waals surface area contributed by atoms with Crippen molar-refractivity contribution in [1.82, 2.24) is 4.57 Å². The van der Waals surface area contributed by atoms with Gasteiger partial charge in [0.05, 0.1) is 17.7 Å². The lowest BCUT2D eigenvalue weighted by Crippen LogP contribution is -2.58. The van der Waals surface area contributed by atoms with Crippen LogP contribution in [-0.4, -0.2) is 23.2 Å². The van der Waals surface area contributed by atoms with Crippen molar-refractivity contribution in [2.24, 2.45) is 10.9 Å². The Balaban J connectivity index is 1.42. The van der Waals surface area contributed by atoms with Gasteiger partial charge in [0.2, 0.25) is 5.72 Å². The number of aromatic nitrogens is 1. The Labute approximate surface area is 231 Å². The van der Waals surface area contributed by atoms with Gasteiger partial charge in [-0.05, 0) is 55.8 Å². The molecule has 0 radical (unpaired) electrons. The fourth-order valence-corrected chi connectivity index (χ4v) is 6.56. The van der Waals surface area contributed by atoms with E-state index in [0.29, 0.717) is 32.0 Å². The quantitative estimate of drug-likeness (QED) is 0.353. The van der Waals surface area contributed by atoms with E-state index in [4.69, 9.17) is 19.2 Å². The topological polar surface area (TPSA) is 79.1 Å². The monoisotopic (exact) mass is 562 g/mol. The maximum atomic E-state index is 14.1. The maximum absolute atomic E-state index is 14.1. The molecule has 7 nitrogen and oxygen atoms in total. The average Bonchev–Trinajstić information content (AvgIpc) is 3.20. The van der Waals surface area contributed by atoms with Gasteiger partial charge in [-0.1, -0.05) is 35.6 Å². The van der Waals surface area contributed by atoms with Crippen molar-refractivity contribution in [2.75, 3.05) is 7.11 Å². The molecule has 0 saturated heterocycles. The van der Waals surface area contributed by atoms with Crippen LogP contribution in [0.15, 0.2) is 70.5 Å². The van der Waals surface area contributed by atoms with Gasteiger partial charge in [0.15, 0.2) is 16.4 Å². The summed E-state index contributed by atoms with van der Waals surface area (Å²) in [6.07, 6.45) is 1.73. The molecule has 0 unspecified atom stereocenters. The number of hydrogen-bond donors (Lipinski definition) is 0. The fourth-order valence-electron chi connectivity index (χ4n) is 5.46. The maximum Gasteiger partial charge on any atom is 0.270 e. The molecule has 6 rings (SSSR count). The van der Waals surface area contributed by atoms with Crippen LogP contribution in [0.4, 0.5) is 8.78 Å². The number of halogens is 2. The van der Waals surface area contributed by atoms with Gasteiger partial charge < -0.3 is 14.2 Å². The first kappa shape index (κ1) is 25.9. The van der Waals surface area contributed by atoms with Gasteiger partial charge in [0.1, 0.15) is 35.6 Å². The number of carbonyl (C=O) groups excluding carboxylic acids is 1. The number of nitrogens with zero attached hydrogens (tertiary/aromatic N) is 2. The third-order valence-corrected chi connectivity index (χ3v) is 8.18. The summed E-state index contributed by atoms with van der Waals surface area (Å²) in [5.41, 5.74) is 0.651. The largest absolute Gasteiger partial charge is 0.496 e. The number of fused-ring (bicyclic) bond motifs is 6. The van der Waals surface area contributed by atoms with Crippen LogP contribution in [0.2, 0.25) is 0 Å². The molecule has 2 bridgehead atoms. The molecule has 4 aromatic rings. The Bertz CT molecular complexity index is 1850. The van der Waals surface area contributed by atoms with Crippen LogP contribution in [0.3, 0.4) is 0 Å². The van der Waals surface area contributed by atoms with Crippen molar-refractivity contribution in [3.8, 4) is 17.2 Å². The molecule has 0 N–H and O–H groups in total. The number of hydrogen-bond acceptors (Lipinski definition) is 7. The first-order valence-electron chi connectivity index (χ1n) is 12.5. The Morgan fingerprint density at radius 1 is 1.15 bits per heavy atom. The van der Waals surface area contributed by atoms with E-state index in [1.54, 1.807) is 35.8 Å². The van der Waals surface area contributed by atoms with Crippen molar-refractivity contribution < 1.29 is 27.8 Å². The number of ether oxygens (including phenoxy) is 3. The summed E-state index contributed by atoms with van der Waals surface area (Å²) in [6, 6.07) is 15.2. The summed E-state index contributed by atoms with van der Waals surface area (Å²) in [6.45, 7) is 3.23. The van der Waals surface area contributed by atoms with Crippen LogP contribution in [0.25, 0.3) is 6.08 Å². The second kappa shape index (κ2) is 9.71. The number of benzene rings is 3. The summed E-state index contributed by atoms with van der Waals surface area (Å²) in [5, 5.41) is 0. The van der Waals surface area contributed by atoms with E-state index in [0.717, 1.165) is 17.7 Å². The summed E-state index contributed by atoms with van der Waals surface area (Å²) in [5.74, 6) is -1.26. The summed E-state index contributed by atoms with van der Waals surface area (Å²) < 4.78 is 46.6. The van der Waals surface area contributed by atoms with Crippen LogP contribution in [0.5, 0.6) is 17.2 Å². The normalized spacial score (nSPS) is 21.1. The minimum absolute atomic E-state index is 0.0441. The van der Waals surface area contributed by atoms with Gasteiger partial charge >= 0.3 is 0 Å². The lowest BCUT2D eigenvalue weighted by Gasteiger charge is -2.45. The lowest BCUT2D eigenvalue weighted by atomic mass is 9.79. The smallest absolute Gasteiger partial charge is 0.270 e. The van der Waals surface area contributed by atoms with E-state index in [2.05, 4.69) is 0 Å². The molecule has 10 heteroatoms. The van der Waals surface area contributed by atoms with Crippen LogP contribution in [0.1, 0.15) is 36.6 Å². The van der Waals surface area contributed by atoms with Crippen LogP contribution in [-0.2, 0) is 11.4 Å². The highest BCUT2D eigenvalue weighted by Gasteiger charge is 2.53. The fraction of sp³-hybridized carbons (Fsp3) is 0.233. The minimum atomic E-state index is -1.14. The first-order valence-corrected chi connectivity index (χ1v) is 13.4. The van der Waals surface area contributed by atoms with Crippen LogP contribution >= 0.6 is 11.3 Å². The molecular formula is C30H24F2N2O5S. The molecule has 204 valence electrons. The number of ketones is 1. The molecular weight excluding hydrogens is 538 g/mol. The molecule has 3 aromatic carbocycles. The Hall–Kier alpha value is -4.31. The van der Waals surface area contributed by atoms with Crippen LogP contribution < -0.4 is 29.1 Å². The Kier molecular flexibility index (Phi) is 6.29. The molecule has 1 aromatic heterocycles. The lowest BCUT2D eigenvalue weighted by molar-refractivity contribution is -0.132. The number of carbonyl (C=O) groups is 1. The van der Waals surface area contributed by atoms with E-state index >= 15 is 0 Å². The van der Waals surface area contributed by atoms with E-state index in [1.807, 2.05) is 24.3 Å².